The molecule has 0 amide bonds. The number of ether oxygens (including phenoxy) is 1. The molecule has 26 heavy (non-hydrogen) atoms. The van der Waals surface area contributed by atoms with Crippen LogP contribution in [-0.2, 0) is 6.54 Å². The molecule has 0 spiro atoms. The largest absolute Gasteiger partial charge is 0.494 e. The van der Waals surface area contributed by atoms with E-state index in [1.165, 1.54) is 45.4 Å². The van der Waals surface area contributed by atoms with Crippen molar-refractivity contribution in [3.05, 3.63) is 29.6 Å². The van der Waals surface area contributed by atoms with Gasteiger partial charge in [0.2, 0.25) is 0 Å². The Bertz CT molecular complexity index is 607. The van der Waals surface area contributed by atoms with Crippen molar-refractivity contribution < 1.29 is 9.13 Å². The normalized spacial score (nSPS) is 21.5. The smallest absolute Gasteiger partial charge is 0.191 e. The molecule has 0 radical (unpaired) electrons. The molecule has 1 aromatic rings. The Morgan fingerprint density at radius 1 is 1.31 bits per heavy atom. The lowest BCUT2D eigenvalue weighted by Gasteiger charge is -2.24. The number of halogens is 2. The molecule has 2 fully saturated rings. The van der Waals surface area contributed by atoms with Gasteiger partial charge >= 0.3 is 0 Å². The number of nitrogens with zero attached hydrogens (tertiary/aromatic N) is 2. The number of rotatable bonds is 5. The zero-order valence-electron chi connectivity index (χ0n) is 15.6. The lowest BCUT2D eigenvalue weighted by Crippen LogP contribution is -2.45. The Hall–Kier alpha value is -1.09. The van der Waals surface area contributed by atoms with E-state index in [-0.39, 0.29) is 35.5 Å². The molecule has 1 saturated heterocycles. The van der Waals surface area contributed by atoms with Crippen molar-refractivity contribution in [2.24, 2.45) is 4.99 Å². The van der Waals surface area contributed by atoms with Gasteiger partial charge in [-0.2, -0.15) is 0 Å². The molecule has 5 nitrogen and oxygen atoms in total. The lowest BCUT2D eigenvalue weighted by molar-refractivity contribution is 0.242. The molecular formula is C19H30FIN4O. The van der Waals surface area contributed by atoms with E-state index >= 15 is 0 Å². The zero-order valence-corrected chi connectivity index (χ0v) is 18.0. The first-order chi connectivity index (χ1) is 12.2. The van der Waals surface area contributed by atoms with E-state index in [0.717, 1.165) is 30.5 Å². The van der Waals surface area contributed by atoms with Crippen molar-refractivity contribution in [2.75, 3.05) is 27.2 Å². The average Bonchev–Trinajstić information content (AvgIpc) is 3.30. The van der Waals surface area contributed by atoms with Crippen molar-refractivity contribution in [1.82, 2.24) is 15.5 Å². The first kappa shape index (κ1) is 21.2. The summed E-state index contributed by atoms with van der Waals surface area (Å²) >= 11 is 0. The van der Waals surface area contributed by atoms with E-state index < -0.39 is 0 Å². The summed E-state index contributed by atoms with van der Waals surface area (Å²) in [6, 6.07) is 6.22. The summed E-state index contributed by atoms with van der Waals surface area (Å²) in [6.45, 7) is 2.78. The Balaban J connectivity index is 0.00000243. The minimum Gasteiger partial charge on any atom is -0.494 e. The minimum atomic E-state index is -0.340. The van der Waals surface area contributed by atoms with Crippen LogP contribution in [-0.4, -0.2) is 50.2 Å². The van der Waals surface area contributed by atoms with Gasteiger partial charge in [-0.15, -0.1) is 24.0 Å². The van der Waals surface area contributed by atoms with Crippen molar-refractivity contribution in [3.8, 4) is 5.75 Å². The molecule has 3 rings (SSSR count). The third-order valence-corrected chi connectivity index (χ3v) is 5.30. The van der Waals surface area contributed by atoms with E-state index in [1.807, 2.05) is 6.07 Å². The van der Waals surface area contributed by atoms with Gasteiger partial charge in [0.1, 0.15) is 0 Å². The highest BCUT2D eigenvalue weighted by molar-refractivity contribution is 14.0. The molecule has 2 N–H and O–H groups in total. The predicted octanol–water partition coefficient (Wildman–Crippen LogP) is 3.13. The van der Waals surface area contributed by atoms with Crippen molar-refractivity contribution >= 4 is 29.9 Å². The standard InChI is InChI=1S/C19H29FN4O.HI/c1-21-19(22-12-14-7-8-18(25-2)17(20)11-14)23-15-9-10-24(13-15)16-5-3-4-6-16;/h7-8,11,15-16H,3-6,9-10,12-13H2,1-2H3,(H2,21,22,23);1H. The highest BCUT2D eigenvalue weighted by atomic mass is 127. The molecule has 1 unspecified atom stereocenters. The Labute approximate surface area is 172 Å². The second-order valence-corrected chi connectivity index (χ2v) is 6.96. The van der Waals surface area contributed by atoms with Gasteiger partial charge in [0.05, 0.1) is 7.11 Å². The quantitative estimate of drug-likeness (QED) is 0.390. The molecule has 1 saturated carbocycles. The van der Waals surface area contributed by atoms with Crippen LogP contribution in [0, 0.1) is 5.82 Å². The number of likely N-dealkylation sites (tertiary alicyclic amines) is 1. The molecular weight excluding hydrogens is 446 g/mol. The number of guanidine groups is 1. The number of aliphatic imine (C=N–C) groups is 1. The monoisotopic (exact) mass is 476 g/mol. The van der Waals surface area contributed by atoms with Gasteiger partial charge in [-0.05, 0) is 37.0 Å². The molecule has 0 bridgehead atoms. The lowest BCUT2D eigenvalue weighted by atomic mass is 10.2. The molecule has 1 aliphatic heterocycles. The third-order valence-electron chi connectivity index (χ3n) is 5.30. The van der Waals surface area contributed by atoms with Crippen LogP contribution in [0.4, 0.5) is 4.39 Å². The Morgan fingerprint density at radius 3 is 2.73 bits per heavy atom. The fourth-order valence-corrected chi connectivity index (χ4v) is 3.90. The van der Waals surface area contributed by atoms with Crippen molar-refractivity contribution in [3.63, 3.8) is 0 Å². The maximum atomic E-state index is 13.8. The SMILES string of the molecule is CN=C(NCc1ccc(OC)c(F)c1)NC1CCN(C2CCCC2)C1.I. The second kappa shape index (κ2) is 10.3. The maximum absolute atomic E-state index is 13.8. The van der Waals surface area contributed by atoms with Crippen LogP contribution in [0.3, 0.4) is 0 Å². The second-order valence-electron chi connectivity index (χ2n) is 6.96. The first-order valence-corrected chi connectivity index (χ1v) is 9.23. The number of hydrogen-bond donors (Lipinski definition) is 2. The van der Waals surface area contributed by atoms with E-state index in [1.54, 1.807) is 13.1 Å². The van der Waals surface area contributed by atoms with Crippen molar-refractivity contribution in [1.29, 1.82) is 0 Å². The van der Waals surface area contributed by atoms with Crippen LogP contribution < -0.4 is 15.4 Å². The van der Waals surface area contributed by atoms with E-state index in [4.69, 9.17) is 4.74 Å². The predicted molar refractivity (Wildman–Crippen MR) is 114 cm³/mol. The van der Waals surface area contributed by atoms with Gasteiger partial charge in [-0.1, -0.05) is 18.9 Å². The third kappa shape index (κ3) is 5.45. The first-order valence-electron chi connectivity index (χ1n) is 9.23. The van der Waals surface area contributed by atoms with E-state index in [0.29, 0.717) is 12.6 Å². The summed E-state index contributed by atoms with van der Waals surface area (Å²) in [5.74, 6) is 0.700. The summed E-state index contributed by atoms with van der Waals surface area (Å²) in [4.78, 5) is 6.92. The number of benzene rings is 1. The number of nitrogens with one attached hydrogen (secondary N) is 2. The van der Waals surface area contributed by atoms with Crippen LogP contribution in [0.25, 0.3) is 0 Å². The fourth-order valence-electron chi connectivity index (χ4n) is 3.90. The van der Waals surface area contributed by atoms with Crippen LogP contribution in [0.1, 0.15) is 37.7 Å². The molecule has 146 valence electrons. The van der Waals surface area contributed by atoms with Gasteiger partial charge in [0, 0.05) is 38.8 Å². The molecule has 0 aromatic heterocycles. The van der Waals surface area contributed by atoms with Gasteiger partial charge in [0.25, 0.3) is 0 Å². The van der Waals surface area contributed by atoms with Gasteiger partial charge in [-0.3, -0.25) is 9.89 Å². The van der Waals surface area contributed by atoms with Crippen molar-refractivity contribution in [2.45, 2.75) is 50.7 Å². The number of methoxy groups -OCH3 is 1. The summed E-state index contributed by atoms with van der Waals surface area (Å²) in [7, 11) is 3.24. The summed E-state index contributed by atoms with van der Waals surface area (Å²) in [5.41, 5.74) is 0.861. The number of hydrogen-bond acceptors (Lipinski definition) is 3. The van der Waals surface area contributed by atoms with Crippen LogP contribution in [0.2, 0.25) is 0 Å². The maximum Gasteiger partial charge on any atom is 0.191 e. The summed E-state index contributed by atoms with van der Waals surface area (Å²) in [5, 5.41) is 6.78. The Morgan fingerprint density at radius 2 is 2.08 bits per heavy atom. The molecule has 1 aromatic carbocycles. The van der Waals surface area contributed by atoms with Crippen LogP contribution >= 0.6 is 24.0 Å². The average molecular weight is 476 g/mol. The van der Waals surface area contributed by atoms with Gasteiger partial charge < -0.3 is 15.4 Å². The highest BCUT2D eigenvalue weighted by Gasteiger charge is 2.30. The topological polar surface area (TPSA) is 48.9 Å². The van der Waals surface area contributed by atoms with Gasteiger partial charge in [-0.25, -0.2) is 4.39 Å². The minimum absolute atomic E-state index is 0. The van der Waals surface area contributed by atoms with Gasteiger partial charge in [0.15, 0.2) is 17.5 Å². The molecule has 7 heteroatoms. The molecule has 1 aliphatic carbocycles. The van der Waals surface area contributed by atoms with E-state index in [2.05, 4.69) is 20.5 Å². The van der Waals surface area contributed by atoms with Crippen LogP contribution in [0.15, 0.2) is 23.2 Å². The summed E-state index contributed by atoms with van der Waals surface area (Å²) < 4.78 is 18.7. The zero-order chi connectivity index (χ0) is 17.6. The van der Waals surface area contributed by atoms with Crippen LogP contribution in [0.5, 0.6) is 5.75 Å². The molecule has 1 heterocycles. The van der Waals surface area contributed by atoms with E-state index in [9.17, 15) is 4.39 Å². The molecule has 1 atom stereocenters. The fraction of sp³-hybridized carbons (Fsp3) is 0.632. The highest BCUT2D eigenvalue weighted by Crippen LogP contribution is 2.26. The summed E-state index contributed by atoms with van der Waals surface area (Å²) in [6.07, 6.45) is 6.60. The Kier molecular flexibility index (Phi) is 8.40. The molecule has 2 aliphatic rings.